The van der Waals surface area contributed by atoms with Crippen molar-refractivity contribution in [2.75, 3.05) is 7.11 Å². The fraction of sp³-hybridized carbons (Fsp3) is 0.600. The molecule has 2 N–H and O–H groups in total. The van der Waals surface area contributed by atoms with Crippen LogP contribution in [0.3, 0.4) is 0 Å². The van der Waals surface area contributed by atoms with Crippen molar-refractivity contribution < 1.29 is 9.13 Å². The van der Waals surface area contributed by atoms with E-state index in [1.807, 2.05) is 12.1 Å². The molecular weight excluding hydrogens is 229 g/mol. The van der Waals surface area contributed by atoms with Gasteiger partial charge >= 0.3 is 0 Å². The molecule has 0 aliphatic heterocycles. The maximum absolute atomic E-state index is 14.1. The Morgan fingerprint density at radius 2 is 2.28 bits per heavy atom. The highest BCUT2D eigenvalue weighted by atomic mass is 19.1. The number of methoxy groups -OCH3 is 1. The van der Waals surface area contributed by atoms with E-state index in [2.05, 4.69) is 6.92 Å². The maximum Gasteiger partial charge on any atom is 0.168 e. The molecule has 1 aliphatic rings. The minimum Gasteiger partial charge on any atom is -0.494 e. The van der Waals surface area contributed by atoms with Crippen LogP contribution in [0.2, 0.25) is 0 Å². The van der Waals surface area contributed by atoms with Gasteiger partial charge in [-0.05, 0) is 36.8 Å². The summed E-state index contributed by atoms with van der Waals surface area (Å²) in [5.41, 5.74) is 6.85. The fourth-order valence-electron chi connectivity index (χ4n) is 3.09. The lowest BCUT2D eigenvalue weighted by atomic mass is 9.74. The van der Waals surface area contributed by atoms with Gasteiger partial charge in [0.1, 0.15) is 0 Å². The van der Waals surface area contributed by atoms with E-state index in [1.165, 1.54) is 13.5 Å². The van der Waals surface area contributed by atoms with E-state index in [9.17, 15) is 4.39 Å². The minimum absolute atomic E-state index is 0.259. The van der Waals surface area contributed by atoms with Crippen LogP contribution < -0.4 is 10.5 Å². The normalized spacial score (nSPS) is 28.1. The Balaban J connectivity index is 2.18. The Morgan fingerprint density at radius 3 is 2.94 bits per heavy atom. The quantitative estimate of drug-likeness (QED) is 0.894. The third-order valence-electron chi connectivity index (χ3n) is 3.93. The highest BCUT2D eigenvalue weighted by molar-refractivity contribution is 5.32. The molecule has 0 amide bonds. The molecule has 0 aromatic heterocycles. The molecule has 0 radical (unpaired) electrons. The topological polar surface area (TPSA) is 35.2 Å². The van der Waals surface area contributed by atoms with Gasteiger partial charge in [-0.15, -0.1) is 0 Å². The zero-order valence-electron chi connectivity index (χ0n) is 11.2. The second-order valence-electron chi connectivity index (χ2n) is 5.67. The van der Waals surface area contributed by atoms with Crippen LogP contribution in [0.1, 0.15) is 38.2 Å². The summed E-state index contributed by atoms with van der Waals surface area (Å²) in [6, 6.07) is 5.28. The van der Waals surface area contributed by atoms with Crippen LogP contribution in [0.15, 0.2) is 18.2 Å². The predicted molar refractivity (Wildman–Crippen MR) is 71.2 cm³/mol. The molecule has 0 bridgehead atoms. The van der Waals surface area contributed by atoms with Crippen molar-refractivity contribution in [1.29, 1.82) is 0 Å². The van der Waals surface area contributed by atoms with E-state index in [0.29, 0.717) is 23.7 Å². The Hall–Kier alpha value is -1.09. The fourth-order valence-corrected chi connectivity index (χ4v) is 3.09. The average Bonchev–Trinajstić information content (AvgIpc) is 2.31. The third kappa shape index (κ3) is 2.83. The zero-order chi connectivity index (χ0) is 13.2. The summed E-state index contributed by atoms with van der Waals surface area (Å²) in [5.74, 6) is 0.681. The molecule has 1 aliphatic carbocycles. The molecule has 2 unspecified atom stereocenters. The summed E-state index contributed by atoms with van der Waals surface area (Å²) >= 11 is 0. The summed E-state index contributed by atoms with van der Waals surface area (Å²) in [6.07, 6.45) is 4.93. The third-order valence-corrected chi connectivity index (χ3v) is 3.93. The molecule has 0 heterocycles. The first kappa shape index (κ1) is 13.3. The lowest BCUT2D eigenvalue weighted by Gasteiger charge is -2.37. The SMILES string of the molecule is COc1cccc(CC2(N)CCCC(C)C2)c1F. The second kappa shape index (κ2) is 5.27. The first-order valence-electron chi connectivity index (χ1n) is 6.64. The lowest BCUT2D eigenvalue weighted by molar-refractivity contribution is 0.233. The van der Waals surface area contributed by atoms with Gasteiger partial charge in [-0.2, -0.15) is 0 Å². The summed E-state index contributed by atoms with van der Waals surface area (Å²) in [4.78, 5) is 0. The monoisotopic (exact) mass is 251 g/mol. The van der Waals surface area contributed by atoms with Gasteiger partial charge in [0, 0.05) is 5.54 Å². The van der Waals surface area contributed by atoms with Gasteiger partial charge in [-0.1, -0.05) is 31.9 Å². The van der Waals surface area contributed by atoms with Crippen molar-refractivity contribution in [3.05, 3.63) is 29.6 Å². The maximum atomic E-state index is 14.1. The van der Waals surface area contributed by atoms with Gasteiger partial charge < -0.3 is 10.5 Å². The number of hydrogen-bond donors (Lipinski definition) is 1. The van der Waals surface area contributed by atoms with Crippen LogP contribution >= 0.6 is 0 Å². The first-order chi connectivity index (χ1) is 8.54. The molecule has 1 fully saturated rings. The molecule has 18 heavy (non-hydrogen) atoms. The molecule has 2 nitrogen and oxygen atoms in total. The molecule has 1 saturated carbocycles. The standard InChI is InChI=1S/C15H22FNO/c1-11-5-4-8-15(17,9-11)10-12-6-3-7-13(18-2)14(12)16/h3,6-7,11H,4-5,8-10,17H2,1-2H3. The Kier molecular flexibility index (Phi) is 3.91. The molecule has 0 spiro atoms. The first-order valence-corrected chi connectivity index (χ1v) is 6.64. The van der Waals surface area contributed by atoms with Gasteiger partial charge in [0.2, 0.25) is 0 Å². The highest BCUT2D eigenvalue weighted by Crippen LogP contribution is 2.34. The Morgan fingerprint density at radius 1 is 1.50 bits per heavy atom. The Labute approximate surface area is 108 Å². The van der Waals surface area contributed by atoms with Crippen molar-refractivity contribution in [2.45, 2.75) is 44.6 Å². The van der Waals surface area contributed by atoms with E-state index in [1.54, 1.807) is 6.07 Å². The smallest absolute Gasteiger partial charge is 0.168 e. The second-order valence-corrected chi connectivity index (χ2v) is 5.67. The van der Waals surface area contributed by atoms with Crippen LogP contribution in [0.25, 0.3) is 0 Å². The molecule has 2 rings (SSSR count). The van der Waals surface area contributed by atoms with Crippen LogP contribution in [-0.2, 0) is 6.42 Å². The molecular formula is C15H22FNO. The van der Waals surface area contributed by atoms with Gasteiger partial charge in [0.15, 0.2) is 11.6 Å². The number of hydrogen-bond acceptors (Lipinski definition) is 2. The molecule has 100 valence electrons. The van der Waals surface area contributed by atoms with Crippen molar-refractivity contribution >= 4 is 0 Å². The molecule has 0 saturated heterocycles. The van der Waals surface area contributed by atoms with Crippen molar-refractivity contribution in [1.82, 2.24) is 0 Å². The van der Waals surface area contributed by atoms with Crippen LogP contribution in [0, 0.1) is 11.7 Å². The highest BCUT2D eigenvalue weighted by Gasteiger charge is 2.32. The van der Waals surface area contributed by atoms with Crippen LogP contribution in [0.4, 0.5) is 4.39 Å². The van der Waals surface area contributed by atoms with Gasteiger partial charge in [0.25, 0.3) is 0 Å². The number of nitrogens with two attached hydrogens (primary N) is 1. The van der Waals surface area contributed by atoms with Gasteiger partial charge in [-0.3, -0.25) is 0 Å². The van der Waals surface area contributed by atoms with Gasteiger partial charge in [-0.25, -0.2) is 4.39 Å². The van der Waals surface area contributed by atoms with E-state index in [0.717, 1.165) is 19.3 Å². The van der Waals surface area contributed by atoms with Crippen LogP contribution in [-0.4, -0.2) is 12.6 Å². The molecule has 1 aromatic carbocycles. The lowest BCUT2D eigenvalue weighted by Crippen LogP contribution is -2.46. The number of rotatable bonds is 3. The van der Waals surface area contributed by atoms with Gasteiger partial charge in [0.05, 0.1) is 7.11 Å². The minimum atomic E-state index is -0.261. The molecule has 1 aromatic rings. The van der Waals surface area contributed by atoms with Crippen molar-refractivity contribution in [3.8, 4) is 5.75 Å². The number of halogens is 1. The van der Waals surface area contributed by atoms with E-state index >= 15 is 0 Å². The van der Waals surface area contributed by atoms with E-state index < -0.39 is 0 Å². The van der Waals surface area contributed by atoms with Crippen molar-refractivity contribution in [3.63, 3.8) is 0 Å². The molecule has 2 atom stereocenters. The summed E-state index contributed by atoms with van der Waals surface area (Å²) < 4.78 is 19.1. The average molecular weight is 251 g/mol. The number of benzene rings is 1. The Bertz CT molecular complexity index is 421. The molecule has 3 heteroatoms. The largest absolute Gasteiger partial charge is 0.494 e. The summed E-state index contributed by atoms with van der Waals surface area (Å²) in [6.45, 7) is 2.22. The summed E-state index contributed by atoms with van der Waals surface area (Å²) in [7, 11) is 1.49. The zero-order valence-corrected chi connectivity index (χ0v) is 11.2. The van der Waals surface area contributed by atoms with E-state index in [4.69, 9.17) is 10.5 Å². The predicted octanol–water partition coefficient (Wildman–Crippen LogP) is 3.28. The number of ether oxygens (including phenoxy) is 1. The van der Waals surface area contributed by atoms with Crippen molar-refractivity contribution in [2.24, 2.45) is 11.7 Å². The van der Waals surface area contributed by atoms with E-state index in [-0.39, 0.29) is 11.4 Å². The van der Waals surface area contributed by atoms with Crippen LogP contribution in [0.5, 0.6) is 5.75 Å². The summed E-state index contributed by atoms with van der Waals surface area (Å²) in [5, 5.41) is 0.